The molecule has 1 aromatic rings. The van der Waals surface area contributed by atoms with Crippen LogP contribution in [0.1, 0.15) is 30.7 Å². The van der Waals surface area contributed by atoms with Gasteiger partial charge in [0.1, 0.15) is 0 Å². The summed E-state index contributed by atoms with van der Waals surface area (Å²) < 4.78 is 0. The number of hydrogen-bond donors (Lipinski definition) is 0. The molecule has 1 fully saturated rings. The number of benzene rings is 1. The van der Waals surface area contributed by atoms with Crippen molar-refractivity contribution in [2.45, 2.75) is 31.2 Å². The molecule has 1 heterocycles. The summed E-state index contributed by atoms with van der Waals surface area (Å²) in [5.74, 6) is 0.637. The first-order valence-electron chi connectivity index (χ1n) is 6.87. The lowest BCUT2D eigenvalue weighted by molar-refractivity contribution is 0.143. The zero-order chi connectivity index (χ0) is 12.8. The minimum atomic E-state index is 0.580. The summed E-state index contributed by atoms with van der Waals surface area (Å²) in [5.41, 5.74) is 1.47. The van der Waals surface area contributed by atoms with Gasteiger partial charge in [0.15, 0.2) is 0 Å². The molecule has 1 nitrogen and oxygen atoms in total. The number of likely N-dealkylation sites (tertiary alicyclic amines) is 1. The predicted octanol–water partition coefficient (Wildman–Crippen LogP) is 4.00. The number of nitrogens with zero attached hydrogens (tertiary/aromatic N) is 1. The highest BCUT2D eigenvalue weighted by atomic mass is 15.2. The molecule has 0 bridgehead atoms. The SMILES string of the molecule is C=CCC1C(c2ccccc2)CCCN1CC=C. The summed E-state index contributed by atoms with van der Waals surface area (Å²) in [6.07, 6.45) is 7.70. The van der Waals surface area contributed by atoms with E-state index in [9.17, 15) is 0 Å². The maximum Gasteiger partial charge on any atom is 0.0202 e. The molecule has 1 aliphatic heterocycles. The van der Waals surface area contributed by atoms with Crippen molar-refractivity contribution >= 4 is 0 Å². The number of hydrogen-bond acceptors (Lipinski definition) is 1. The maximum absolute atomic E-state index is 3.92. The zero-order valence-electron chi connectivity index (χ0n) is 11.1. The molecule has 0 aliphatic carbocycles. The topological polar surface area (TPSA) is 3.24 Å². The Morgan fingerprint density at radius 2 is 1.94 bits per heavy atom. The van der Waals surface area contributed by atoms with E-state index in [4.69, 9.17) is 0 Å². The average Bonchev–Trinajstić information content (AvgIpc) is 2.42. The molecule has 0 aromatic heterocycles. The Bertz CT molecular complexity index is 382. The molecule has 96 valence electrons. The van der Waals surface area contributed by atoms with Crippen molar-refractivity contribution in [3.05, 3.63) is 61.2 Å². The largest absolute Gasteiger partial charge is 0.296 e. The van der Waals surface area contributed by atoms with Crippen LogP contribution in [0.2, 0.25) is 0 Å². The normalized spacial score (nSPS) is 24.7. The van der Waals surface area contributed by atoms with Gasteiger partial charge < -0.3 is 0 Å². The molecule has 1 aliphatic rings. The maximum atomic E-state index is 3.92. The van der Waals surface area contributed by atoms with Crippen molar-refractivity contribution in [3.63, 3.8) is 0 Å². The molecule has 0 radical (unpaired) electrons. The van der Waals surface area contributed by atoms with Gasteiger partial charge in [-0.3, -0.25) is 4.90 Å². The van der Waals surface area contributed by atoms with Crippen LogP contribution >= 0.6 is 0 Å². The van der Waals surface area contributed by atoms with E-state index < -0.39 is 0 Å². The molecular weight excluding hydrogens is 218 g/mol. The van der Waals surface area contributed by atoms with Crippen LogP contribution in [0.25, 0.3) is 0 Å². The molecule has 0 amide bonds. The van der Waals surface area contributed by atoms with E-state index in [2.05, 4.69) is 54.5 Å². The highest BCUT2D eigenvalue weighted by molar-refractivity contribution is 5.22. The summed E-state index contributed by atoms with van der Waals surface area (Å²) in [4.78, 5) is 2.55. The second kappa shape index (κ2) is 6.55. The quantitative estimate of drug-likeness (QED) is 0.704. The van der Waals surface area contributed by atoms with Gasteiger partial charge in [0.05, 0.1) is 0 Å². The Morgan fingerprint density at radius 1 is 1.17 bits per heavy atom. The lowest BCUT2D eigenvalue weighted by Crippen LogP contribution is -2.43. The second-order valence-corrected chi connectivity index (χ2v) is 5.03. The Hall–Kier alpha value is -1.34. The van der Waals surface area contributed by atoms with Crippen LogP contribution in [0, 0.1) is 0 Å². The molecule has 0 spiro atoms. The van der Waals surface area contributed by atoms with Crippen LogP contribution in [-0.2, 0) is 0 Å². The van der Waals surface area contributed by atoms with Crippen molar-refractivity contribution in [3.8, 4) is 0 Å². The van der Waals surface area contributed by atoms with E-state index in [0.717, 1.165) is 13.0 Å². The summed E-state index contributed by atoms with van der Waals surface area (Å²) in [6, 6.07) is 11.5. The minimum Gasteiger partial charge on any atom is -0.296 e. The predicted molar refractivity (Wildman–Crippen MR) is 78.8 cm³/mol. The van der Waals surface area contributed by atoms with Crippen LogP contribution < -0.4 is 0 Å². The molecule has 0 N–H and O–H groups in total. The zero-order valence-corrected chi connectivity index (χ0v) is 11.1. The fraction of sp³-hybridized carbons (Fsp3) is 0.412. The molecule has 1 aromatic carbocycles. The first kappa shape index (κ1) is 13.1. The number of piperidine rings is 1. The van der Waals surface area contributed by atoms with Crippen molar-refractivity contribution in [1.29, 1.82) is 0 Å². The van der Waals surface area contributed by atoms with E-state index in [-0.39, 0.29) is 0 Å². The third kappa shape index (κ3) is 2.91. The van der Waals surface area contributed by atoms with E-state index in [1.54, 1.807) is 0 Å². The molecule has 18 heavy (non-hydrogen) atoms. The van der Waals surface area contributed by atoms with E-state index in [1.165, 1.54) is 24.9 Å². The molecule has 2 atom stereocenters. The van der Waals surface area contributed by atoms with Crippen LogP contribution in [0.5, 0.6) is 0 Å². The first-order chi connectivity index (χ1) is 8.86. The van der Waals surface area contributed by atoms with Crippen LogP contribution in [0.15, 0.2) is 55.6 Å². The van der Waals surface area contributed by atoms with Gasteiger partial charge in [0.25, 0.3) is 0 Å². The smallest absolute Gasteiger partial charge is 0.0202 e. The molecule has 2 unspecified atom stereocenters. The summed E-state index contributed by atoms with van der Waals surface area (Å²) in [6.45, 7) is 9.98. The standard InChI is InChI=1S/C17H23N/c1-3-9-17-16(15-10-6-5-7-11-15)12-8-14-18(17)13-4-2/h3-7,10-11,16-17H,1-2,8-9,12-14H2. The fourth-order valence-electron chi connectivity index (χ4n) is 3.09. The lowest BCUT2D eigenvalue weighted by Gasteiger charge is -2.41. The van der Waals surface area contributed by atoms with Gasteiger partial charge >= 0.3 is 0 Å². The summed E-state index contributed by atoms with van der Waals surface area (Å²) in [5, 5.41) is 0. The molecule has 1 heteroatoms. The summed E-state index contributed by atoms with van der Waals surface area (Å²) in [7, 11) is 0. The van der Waals surface area contributed by atoms with Gasteiger partial charge in [-0.1, -0.05) is 42.5 Å². The first-order valence-corrected chi connectivity index (χ1v) is 6.87. The van der Waals surface area contributed by atoms with Gasteiger partial charge in [0, 0.05) is 12.6 Å². The molecular formula is C17H23N. The van der Waals surface area contributed by atoms with Gasteiger partial charge in [-0.25, -0.2) is 0 Å². The molecule has 2 rings (SSSR count). The second-order valence-electron chi connectivity index (χ2n) is 5.03. The van der Waals surface area contributed by atoms with Gasteiger partial charge in [-0.2, -0.15) is 0 Å². The molecule has 1 saturated heterocycles. The highest BCUT2D eigenvalue weighted by Crippen LogP contribution is 2.34. The van der Waals surface area contributed by atoms with Gasteiger partial charge in [-0.15, -0.1) is 13.2 Å². The Morgan fingerprint density at radius 3 is 2.61 bits per heavy atom. The van der Waals surface area contributed by atoms with Crippen molar-refractivity contribution in [2.75, 3.05) is 13.1 Å². The lowest BCUT2D eigenvalue weighted by atomic mass is 9.82. The fourth-order valence-corrected chi connectivity index (χ4v) is 3.09. The molecule has 0 saturated carbocycles. The van der Waals surface area contributed by atoms with Crippen LogP contribution in [0.4, 0.5) is 0 Å². The van der Waals surface area contributed by atoms with Gasteiger partial charge in [-0.05, 0) is 37.3 Å². The Balaban J connectivity index is 2.20. The van der Waals surface area contributed by atoms with E-state index >= 15 is 0 Å². The Kier molecular flexibility index (Phi) is 4.77. The third-order valence-electron chi connectivity index (χ3n) is 3.89. The van der Waals surface area contributed by atoms with Crippen molar-refractivity contribution < 1.29 is 0 Å². The minimum absolute atomic E-state index is 0.580. The van der Waals surface area contributed by atoms with Crippen LogP contribution in [-0.4, -0.2) is 24.0 Å². The van der Waals surface area contributed by atoms with E-state index in [1.807, 2.05) is 6.08 Å². The third-order valence-corrected chi connectivity index (χ3v) is 3.89. The average molecular weight is 241 g/mol. The number of rotatable bonds is 5. The highest BCUT2D eigenvalue weighted by Gasteiger charge is 2.30. The van der Waals surface area contributed by atoms with Crippen molar-refractivity contribution in [2.24, 2.45) is 0 Å². The van der Waals surface area contributed by atoms with Gasteiger partial charge in [0.2, 0.25) is 0 Å². The summed E-state index contributed by atoms with van der Waals surface area (Å²) >= 11 is 0. The Labute approximate surface area is 111 Å². The van der Waals surface area contributed by atoms with Crippen LogP contribution in [0.3, 0.4) is 0 Å². The monoisotopic (exact) mass is 241 g/mol. The van der Waals surface area contributed by atoms with E-state index in [0.29, 0.717) is 12.0 Å². The van der Waals surface area contributed by atoms with Crippen molar-refractivity contribution in [1.82, 2.24) is 4.90 Å².